The van der Waals surface area contributed by atoms with Crippen LogP contribution in [0.5, 0.6) is 0 Å². The summed E-state index contributed by atoms with van der Waals surface area (Å²) in [6.07, 6.45) is -3.00. The van der Waals surface area contributed by atoms with Gasteiger partial charge in [-0.1, -0.05) is 13.0 Å². The second-order valence-corrected chi connectivity index (χ2v) is 4.41. The topological polar surface area (TPSA) is 12.5 Å². The molecule has 0 spiro atoms. The number of alkyl halides is 2. The highest BCUT2D eigenvalue weighted by atomic mass is 19.3. The molecular weight excluding hydrogens is 250 g/mol. The summed E-state index contributed by atoms with van der Waals surface area (Å²) in [5.41, 5.74) is 0.457. The Hall–Kier alpha value is -1.14. The van der Waals surface area contributed by atoms with E-state index >= 15 is 0 Å². The van der Waals surface area contributed by atoms with E-state index in [0.29, 0.717) is 12.1 Å². The summed E-state index contributed by atoms with van der Waals surface area (Å²) in [4.78, 5) is 5.33. The second kappa shape index (κ2) is 5.24. The van der Waals surface area contributed by atoms with E-state index in [9.17, 15) is 17.6 Å². The first kappa shape index (κ1) is 13.3. The third-order valence-electron chi connectivity index (χ3n) is 2.88. The van der Waals surface area contributed by atoms with Gasteiger partial charge in [-0.25, -0.2) is 17.6 Å². The molecule has 0 aliphatic carbocycles. The fourth-order valence-corrected chi connectivity index (χ4v) is 2.07. The highest BCUT2D eigenvalue weighted by molar-refractivity contribution is 5.21. The second-order valence-electron chi connectivity index (χ2n) is 4.41. The maximum absolute atomic E-state index is 13.1. The van der Waals surface area contributed by atoms with Crippen LogP contribution in [0.2, 0.25) is 0 Å². The fraction of sp³-hybridized carbons (Fsp3) is 0.500. The zero-order valence-electron chi connectivity index (χ0n) is 9.75. The Balaban J connectivity index is 2.11. The molecule has 0 unspecified atom stereocenters. The van der Waals surface area contributed by atoms with Crippen molar-refractivity contribution < 1.29 is 22.4 Å². The van der Waals surface area contributed by atoms with E-state index in [0.717, 1.165) is 12.1 Å². The Morgan fingerprint density at radius 2 is 2.06 bits per heavy atom. The van der Waals surface area contributed by atoms with E-state index in [-0.39, 0.29) is 5.92 Å². The fourth-order valence-electron chi connectivity index (χ4n) is 2.07. The summed E-state index contributed by atoms with van der Waals surface area (Å²) < 4.78 is 50.4. The van der Waals surface area contributed by atoms with Gasteiger partial charge in [0.25, 0.3) is 6.43 Å². The van der Waals surface area contributed by atoms with Crippen LogP contribution in [0.1, 0.15) is 18.6 Å². The molecule has 1 saturated heterocycles. The van der Waals surface area contributed by atoms with Crippen LogP contribution in [0.25, 0.3) is 0 Å². The van der Waals surface area contributed by atoms with Crippen LogP contribution in [-0.2, 0) is 4.84 Å². The first-order chi connectivity index (χ1) is 8.47. The first-order valence-electron chi connectivity index (χ1n) is 5.62. The molecule has 18 heavy (non-hydrogen) atoms. The van der Waals surface area contributed by atoms with E-state index in [4.69, 9.17) is 4.84 Å². The number of benzene rings is 1. The molecule has 0 N–H and O–H groups in total. The van der Waals surface area contributed by atoms with Crippen LogP contribution in [0, 0.1) is 17.6 Å². The predicted octanol–water partition coefficient (Wildman–Crippen LogP) is 3.15. The number of nitrogens with zero attached hydrogens (tertiary/aromatic N) is 1. The van der Waals surface area contributed by atoms with Gasteiger partial charge in [-0.05, 0) is 17.7 Å². The Labute approximate surface area is 102 Å². The van der Waals surface area contributed by atoms with Crippen LogP contribution in [0.3, 0.4) is 0 Å². The molecular formula is C12H13F4NO. The minimum atomic E-state index is -2.49. The largest absolute Gasteiger partial charge is 0.290 e. The predicted molar refractivity (Wildman–Crippen MR) is 56.9 cm³/mol. The molecule has 1 aliphatic heterocycles. The monoisotopic (exact) mass is 263 g/mol. The standard InChI is InChI=1S/C12H13F4NO/c1-7-5-17(6-11(15)16)18-12(7)8-2-3-9(13)10(14)4-8/h2-4,7,11-12H,5-6H2,1H3/t7-,12-/m1/s1. The average molecular weight is 263 g/mol. The molecule has 0 bridgehead atoms. The van der Waals surface area contributed by atoms with Gasteiger partial charge >= 0.3 is 0 Å². The van der Waals surface area contributed by atoms with Gasteiger partial charge in [0.2, 0.25) is 0 Å². The quantitative estimate of drug-likeness (QED) is 0.777. The van der Waals surface area contributed by atoms with E-state index < -0.39 is 30.7 Å². The zero-order chi connectivity index (χ0) is 13.3. The summed E-state index contributed by atoms with van der Waals surface area (Å²) in [6, 6.07) is 3.46. The van der Waals surface area contributed by atoms with E-state index in [2.05, 4.69) is 0 Å². The molecule has 0 amide bonds. The maximum atomic E-state index is 13.1. The smallest absolute Gasteiger partial charge is 0.253 e. The van der Waals surface area contributed by atoms with Crippen LogP contribution in [0.4, 0.5) is 17.6 Å². The Kier molecular flexibility index (Phi) is 3.87. The Morgan fingerprint density at radius 3 is 2.67 bits per heavy atom. The van der Waals surface area contributed by atoms with Crippen LogP contribution in [-0.4, -0.2) is 24.6 Å². The molecule has 1 aromatic rings. The lowest BCUT2D eigenvalue weighted by atomic mass is 9.98. The number of rotatable bonds is 3. The zero-order valence-corrected chi connectivity index (χ0v) is 9.75. The summed E-state index contributed by atoms with van der Waals surface area (Å²) in [6.45, 7) is 1.68. The van der Waals surface area contributed by atoms with Crippen molar-refractivity contribution in [2.24, 2.45) is 5.92 Å². The van der Waals surface area contributed by atoms with Gasteiger partial charge in [-0.2, -0.15) is 5.06 Å². The molecule has 1 aliphatic rings. The van der Waals surface area contributed by atoms with Crippen molar-refractivity contribution in [2.45, 2.75) is 19.5 Å². The molecule has 0 saturated carbocycles. The molecule has 6 heteroatoms. The first-order valence-corrected chi connectivity index (χ1v) is 5.62. The lowest BCUT2D eigenvalue weighted by Crippen LogP contribution is -2.25. The third-order valence-corrected chi connectivity index (χ3v) is 2.88. The van der Waals surface area contributed by atoms with Crippen molar-refractivity contribution in [3.63, 3.8) is 0 Å². The van der Waals surface area contributed by atoms with Gasteiger partial charge in [0.05, 0.1) is 6.54 Å². The van der Waals surface area contributed by atoms with Crippen LogP contribution >= 0.6 is 0 Å². The van der Waals surface area contributed by atoms with Gasteiger partial charge in [0, 0.05) is 12.5 Å². The van der Waals surface area contributed by atoms with Gasteiger partial charge in [0.15, 0.2) is 11.6 Å². The van der Waals surface area contributed by atoms with Gasteiger partial charge in [-0.3, -0.25) is 4.84 Å². The summed E-state index contributed by atoms with van der Waals surface area (Å²) >= 11 is 0. The number of hydrogen-bond donors (Lipinski definition) is 0. The molecule has 100 valence electrons. The van der Waals surface area contributed by atoms with E-state index in [1.54, 1.807) is 0 Å². The highest BCUT2D eigenvalue weighted by Crippen LogP contribution is 2.34. The van der Waals surface area contributed by atoms with Crippen LogP contribution < -0.4 is 0 Å². The molecule has 2 rings (SSSR count). The minimum Gasteiger partial charge on any atom is -0.290 e. The number of hydroxylamine groups is 2. The van der Waals surface area contributed by atoms with Crippen molar-refractivity contribution in [2.75, 3.05) is 13.1 Å². The molecule has 2 atom stereocenters. The van der Waals surface area contributed by atoms with Gasteiger partial charge in [-0.15, -0.1) is 0 Å². The summed E-state index contributed by atoms with van der Waals surface area (Å²) in [5.74, 6) is -1.96. The summed E-state index contributed by atoms with van der Waals surface area (Å²) in [7, 11) is 0. The van der Waals surface area contributed by atoms with Crippen molar-refractivity contribution in [1.82, 2.24) is 5.06 Å². The van der Waals surface area contributed by atoms with E-state index in [1.807, 2.05) is 6.92 Å². The normalized spacial score (nSPS) is 25.0. The highest BCUT2D eigenvalue weighted by Gasteiger charge is 2.33. The van der Waals surface area contributed by atoms with Crippen LogP contribution in [0.15, 0.2) is 18.2 Å². The van der Waals surface area contributed by atoms with Gasteiger partial charge < -0.3 is 0 Å². The van der Waals surface area contributed by atoms with E-state index in [1.165, 1.54) is 11.1 Å². The SMILES string of the molecule is C[C@@H]1CN(CC(F)F)O[C@H]1c1ccc(F)c(F)c1. The number of halogens is 4. The number of hydrogen-bond acceptors (Lipinski definition) is 2. The molecule has 2 nitrogen and oxygen atoms in total. The molecule has 0 radical (unpaired) electrons. The summed E-state index contributed by atoms with van der Waals surface area (Å²) in [5, 5.41) is 1.17. The molecule has 1 heterocycles. The molecule has 1 aromatic carbocycles. The van der Waals surface area contributed by atoms with Crippen molar-refractivity contribution in [1.29, 1.82) is 0 Å². The Morgan fingerprint density at radius 1 is 1.33 bits per heavy atom. The van der Waals surface area contributed by atoms with Crippen molar-refractivity contribution >= 4 is 0 Å². The average Bonchev–Trinajstić information content (AvgIpc) is 2.62. The minimum absolute atomic E-state index is 0.0615. The van der Waals surface area contributed by atoms with Gasteiger partial charge in [0.1, 0.15) is 6.10 Å². The molecule has 0 aromatic heterocycles. The van der Waals surface area contributed by atoms with Crippen molar-refractivity contribution in [3.8, 4) is 0 Å². The maximum Gasteiger partial charge on any atom is 0.253 e. The lowest BCUT2D eigenvalue weighted by Gasteiger charge is -2.16. The molecule has 1 fully saturated rings. The third kappa shape index (κ3) is 2.81. The van der Waals surface area contributed by atoms with Crippen molar-refractivity contribution in [3.05, 3.63) is 35.4 Å². The lowest BCUT2D eigenvalue weighted by molar-refractivity contribution is -0.166. The Bertz CT molecular complexity index is 427.